The van der Waals surface area contributed by atoms with Gasteiger partial charge < -0.3 is 15.0 Å². The lowest BCUT2D eigenvalue weighted by molar-refractivity contribution is -0.148. The SMILES string of the molecule is CCOC(=O)C1CCN(c2ccc(NC(=O)c3ccccc3F)cc2S(=O)(=O)N[C@H]2CCCc3ccccc32)CC1. The summed E-state index contributed by atoms with van der Waals surface area (Å²) in [4.78, 5) is 27.0. The van der Waals surface area contributed by atoms with E-state index in [1.54, 1.807) is 25.1 Å². The van der Waals surface area contributed by atoms with Crippen molar-refractivity contribution in [2.75, 3.05) is 29.9 Å². The molecule has 1 amide bonds. The van der Waals surface area contributed by atoms with Crippen LogP contribution < -0.4 is 14.9 Å². The topological polar surface area (TPSA) is 105 Å². The van der Waals surface area contributed by atoms with Gasteiger partial charge in [0.15, 0.2) is 0 Å². The van der Waals surface area contributed by atoms with Crippen LogP contribution in [0, 0.1) is 11.7 Å². The molecule has 216 valence electrons. The Bertz CT molecular complexity index is 1540. The molecule has 1 aliphatic heterocycles. The number of nitrogens with zero attached hydrogens (tertiary/aromatic N) is 1. The monoisotopic (exact) mass is 579 g/mol. The normalized spacial score (nSPS) is 17.5. The molecule has 3 aromatic rings. The Labute approximate surface area is 240 Å². The number of rotatable bonds is 8. The molecule has 1 heterocycles. The number of carbonyl (C=O) groups is 2. The number of aryl methyl sites for hydroxylation is 1. The third-order valence-electron chi connectivity index (χ3n) is 7.75. The molecule has 0 aromatic heterocycles. The van der Waals surface area contributed by atoms with Gasteiger partial charge >= 0.3 is 5.97 Å². The van der Waals surface area contributed by atoms with Crippen LogP contribution in [0.1, 0.15) is 60.1 Å². The van der Waals surface area contributed by atoms with Gasteiger partial charge in [0, 0.05) is 24.8 Å². The van der Waals surface area contributed by atoms with Crippen molar-refractivity contribution in [1.29, 1.82) is 0 Å². The predicted octanol–water partition coefficient (Wildman–Crippen LogP) is 5.21. The summed E-state index contributed by atoms with van der Waals surface area (Å²) in [5.74, 6) is -1.81. The van der Waals surface area contributed by atoms with Gasteiger partial charge in [0.1, 0.15) is 10.7 Å². The molecule has 10 heteroatoms. The fraction of sp³-hybridized carbons (Fsp3) is 0.355. The average Bonchev–Trinajstić information content (AvgIpc) is 2.97. The predicted molar refractivity (Wildman–Crippen MR) is 155 cm³/mol. The van der Waals surface area contributed by atoms with Crippen LogP contribution in [0.25, 0.3) is 0 Å². The van der Waals surface area contributed by atoms with Crippen LogP contribution in [-0.2, 0) is 26.0 Å². The second-order valence-corrected chi connectivity index (χ2v) is 12.1. The van der Waals surface area contributed by atoms with Gasteiger partial charge in [-0.05, 0) is 80.5 Å². The first-order chi connectivity index (χ1) is 19.8. The minimum Gasteiger partial charge on any atom is -0.466 e. The number of piperidine rings is 1. The number of amides is 1. The minimum atomic E-state index is -4.06. The third kappa shape index (κ3) is 6.44. The number of hydrogen-bond donors (Lipinski definition) is 2. The summed E-state index contributed by atoms with van der Waals surface area (Å²) in [6.07, 6.45) is 3.49. The number of esters is 1. The molecule has 2 N–H and O–H groups in total. The Kier molecular flexibility index (Phi) is 8.70. The first-order valence-electron chi connectivity index (χ1n) is 14.0. The van der Waals surface area contributed by atoms with E-state index < -0.39 is 21.7 Å². The molecule has 8 nitrogen and oxygen atoms in total. The molecule has 1 saturated heterocycles. The van der Waals surface area contributed by atoms with Gasteiger partial charge in [-0.25, -0.2) is 17.5 Å². The molecule has 5 rings (SSSR count). The molecular formula is C31H34FN3O5S. The number of halogens is 1. The highest BCUT2D eigenvalue weighted by atomic mass is 32.2. The Morgan fingerprint density at radius 2 is 1.73 bits per heavy atom. The van der Waals surface area contributed by atoms with E-state index in [4.69, 9.17) is 4.74 Å². The Morgan fingerprint density at radius 1 is 1.00 bits per heavy atom. The first kappa shape index (κ1) is 28.8. The maximum atomic E-state index is 14.2. The fourth-order valence-corrected chi connectivity index (χ4v) is 7.16. The number of carbonyl (C=O) groups excluding carboxylic acids is 2. The lowest BCUT2D eigenvalue weighted by Crippen LogP contribution is -2.38. The van der Waals surface area contributed by atoms with Crippen molar-refractivity contribution in [2.24, 2.45) is 5.92 Å². The van der Waals surface area contributed by atoms with Gasteiger partial charge in [-0.3, -0.25) is 9.59 Å². The summed E-state index contributed by atoms with van der Waals surface area (Å²) < 4.78 is 50.3. The summed E-state index contributed by atoms with van der Waals surface area (Å²) in [7, 11) is -4.06. The Morgan fingerprint density at radius 3 is 2.49 bits per heavy atom. The molecule has 1 atom stereocenters. The van der Waals surface area contributed by atoms with Crippen molar-refractivity contribution >= 4 is 33.3 Å². The van der Waals surface area contributed by atoms with Crippen molar-refractivity contribution < 1.29 is 27.1 Å². The molecule has 0 spiro atoms. The number of ether oxygens (including phenoxy) is 1. The highest BCUT2D eigenvalue weighted by Crippen LogP contribution is 2.35. The molecule has 0 bridgehead atoms. The zero-order chi connectivity index (χ0) is 29.0. The maximum Gasteiger partial charge on any atom is 0.309 e. The lowest BCUT2D eigenvalue weighted by Gasteiger charge is -2.34. The number of benzene rings is 3. The highest BCUT2D eigenvalue weighted by molar-refractivity contribution is 7.89. The van der Waals surface area contributed by atoms with E-state index in [0.29, 0.717) is 44.6 Å². The summed E-state index contributed by atoms with van der Waals surface area (Å²) in [5, 5.41) is 2.65. The summed E-state index contributed by atoms with van der Waals surface area (Å²) in [6.45, 7) is 3.03. The van der Waals surface area contributed by atoms with Crippen molar-refractivity contribution in [3.05, 3.63) is 89.2 Å². The zero-order valence-electron chi connectivity index (χ0n) is 22.9. The molecule has 1 fully saturated rings. The van der Waals surface area contributed by atoms with Gasteiger partial charge in [-0.15, -0.1) is 0 Å². The summed E-state index contributed by atoms with van der Waals surface area (Å²) in [6, 6.07) is 17.7. The number of sulfonamides is 1. The quantitative estimate of drug-likeness (QED) is 0.355. The van der Waals surface area contributed by atoms with Crippen molar-refractivity contribution in [1.82, 2.24) is 4.72 Å². The van der Waals surface area contributed by atoms with Crippen molar-refractivity contribution in [3.63, 3.8) is 0 Å². The van der Waals surface area contributed by atoms with E-state index in [-0.39, 0.29) is 34.1 Å². The van der Waals surface area contributed by atoms with Gasteiger partial charge in [0.2, 0.25) is 10.0 Å². The number of anilines is 2. The van der Waals surface area contributed by atoms with Crippen LogP contribution >= 0.6 is 0 Å². The van der Waals surface area contributed by atoms with Gasteiger partial charge in [-0.1, -0.05) is 36.4 Å². The Balaban J connectivity index is 1.45. The van der Waals surface area contributed by atoms with Gasteiger partial charge in [0.05, 0.1) is 23.8 Å². The molecule has 3 aromatic carbocycles. The number of nitrogens with one attached hydrogen (secondary N) is 2. The van der Waals surface area contributed by atoms with E-state index in [2.05, 4.69) is 10.0 Å². The lowest BCUT2D eigenvalue weighted by atomic mass is 9.88. The number of fused-ring (bicyclic) bond motifs is 1. The molecule has 1 aliphatic carbocycles. The molecule has 0 radical (unpaired) electrons. The largest absolute Gasteiger partial charge is 0.466 e. The summed E-state index contributed by atoms with van der Waals surface area (Å²) in [5.41, 5.74) is 2.65. The standard InChI is InChI=1S/C31H34FN3O5S/c1-2-40-31(37)22-16-18-35(19-17-22)28-15-14-23(33-30(36)25-11-5-6-12-26(25)32)20-29(28)41(38,39)34-27-13-7-9-21-8-3-4-10-24(21)27/h3-6,8,10-12,14-15,20,22,27,34H,2,7,9,13,16-19H2,1H3,(H,33,36)/t27-/m0/s1. The first-order valence-corrected chi connectivity index (χ1v) is 15.5. The average molecular weight is 580 g/mol. The van der Waals surface area contributed by atoms with Gasteiger partial charge in [0.25, 0.3) is 5.91 Å². The van der Waals surface area contributed by atoms with E-state index in [0.717, 1.165) is 24.0 Å². The molecule has 41 heavy (non-hydrogen) atoms. The fourth-order valence-electron chi connectivity index (χ4n) is 5.66. The molecule has 0 saturated carbocycles. The second-order valence-electron chi connectivity index (χ2n) is 10.4. The van der Waals surface area contributed by atoms with Crippen LogP contribution in [0.15, 0.2) is 71.6 Å². The van der Waals surface area contributed by atoms with E-state index in [1.807, 2.05) is 29.2 Å². The van der Waals surface area contributed by atoms with Crippen LogP contribution in [0.4, 0.5) is 15.8 Å². The zero-order valence-corrected chi connectivity index (χ0v) is 23.8. The molecule has 0 unspecified atom stereocenters. The highest BCUT2D eigenvalue weighted by Gasteiger charge is 2.32. The number of hydrogen-bond acceptors (Lipinski definition) is 6. The van der Waals surface area contributed by atoms with Crippen LogP contribution in [0.3, 0.4) is 0 Å². The van der Waals surface area contributed by atoms with E-state index in [9.17, 15) is 22.4 Å². The van der Waals surface area contributed by atoms with Gasteiger partial charge in [-0.2, -0.15) is 0 Å². The van der Waals surface area contributed by atoms with Crippen LogP contribution in [-0.4, -0.2) is 40.0 Å². The van der Waals surface area contributed by atoms with E-state index >= 15 is 0 Å². The third-order valence-corrected chi connectivity index (χ3v) is 9.25. The van der Waals surface area contributed by atoms with Crippen molar-refractivity contribution in [2.45, 2.75) is 50.0 Å². The van der Waals surface area contributed by atoms with Crippen LogP contribution in [0.2, 0.25) is 0 Å². The minimum absolute atomic E-state index is 0.0153. The second kappa shape index (κ2) is 12.4. The van der Waals surface area contributed by atoms with Crippen molar-refractivity contribution in [3.8, 4) is 0 Å². The maximum absolute atomic E-state index is 14.2. The molecule has 2 aliphatic rings. The smallest absolute Gasteiger partial charge is 0.309 e. The van der Waals surface area contributed by atoms with Crippen LogP contribution in [0.5, 0.6) is 0 Å². The van der Waals surface area contributed by atoms with E-state index in [1.165, 1.54) is 24.3 Å². The Hall–Kier alpha value is -3.76. The molecular weight excluding hydrogens is 545 g/mol. The summed E-state index contributed by atoms with van der Waals surface area (Å²) >= 11 is 0.